The number of nitrogens with zero attached hydrogens (tertiary/aromatic N) is 5. The summed E-state index contributed by atoms with van der Waals surface area (Å²) in [6, 6.07) is 9.68. The normalized spacial score (nSPS) is 17.6. The molecule has 39 heavy (non-hydrogen) atoms. The van der Waals surface area contributed by atoms with Crippen LogP contribution in [0.2, 0.25) is 0 Å². The summed E-state index contributed by atoms with van der Waals surface area (Å²) >= 11 is 0. The average Bonchev–Trinajstić information content (AvgIpc) is 3.52. The third-order valence-electron chi connectivity index (χ3n) is 7.22. The lowest BCUT2D eigenvalue weighted by molar-refractivity contribution is 0.0924. The van der Waals surface area contributed by atoms with Crippen molar-refractivity contribution in [3.8, 4) is 16.9 Å². The van der Waals surface area contributed by atoms with E-state index >= 15 is 0 Å². The number of anilines is 1. The standard InChI is InChI=1S/C28H29FN8O2/c1-3-39-19-11-21(26-22-13-32-34-27(22)35-37(26)14-19)17-5-7-25(31-12-17)36-9-8-24(23(30)15-36)33-28(38)20-10-18(29)6-4-16(20)2/h4-7,10-14,23-24H,3,8-9,15,30H2,1-2H3,(H,33,38)(H,34,35)/t23-,24-/m0/s1. The van der Waals surface area contributed by atoms with Crippen molar-refractivity contribution in [2.45, 2.75) is 32.4 Å². The van der Waals surface area contributed by atoms with Crippen LogP contribution in [0.3, 0.4) is 0 Å². The minimum Gasteiger partial charge on any atom is -0.492 e. The van der Waals surface area contributed by atoms with Gasteiger partial charge in [-0.15, -0.1) is 5.10 Å². The number of halogens is 1. The Morgan fingerprint density at radius 3 is 2.90 bits per heavy atom. The quantitative estimate of drug-likeness (QED) is 0.308. The minimum atomic E-state index is -0.438. The maximum Gasteiger partial charge on any atom is 0.251 e. The van der Waals surface area contributed by atoms with Crippen LogP contribution in [0, 0.1) is 12.7 Å². The number of hydrogen-bond donors (Lipinski definition) is 3. The highest BCUT2D eigenvalue weighted by Crippen LogP contribution is 2.33. The summed E-state index contributed by atoms with van der Waals surface area (Å²) in [5.74, 6) is 0.771. The van der Waals surface area contributed by atoms with Crippen LogP contribution in [0.1, 0.15) is 29.3 Å². The lowest BCUT2D eigenvalue weighted by Crippen LogP contribution is -2.58. The summed E-state index contributed by atoms with van der Waals surface area (Å²) in [7, 11) is 0. The molecule has 0 spiro atoms. The lowest BCUT2D eigenvalue weighted by Gasteiger charge is -2.37. The number of nitrogens with one attached hydrogen (secondary N) is 2. The molecule has 10 nitrogen and oxygen atoms in total. The molecule has 200 valence electrons. The molecule has 2 atom stereocenters. The summed E-state index contributed by atoms with van der Waals surface area (Å²) in [6.45, 7) is 5.48. The molecular formula is C28H29FN8O2. The molecule has 1 aliphatic heterocycles. The van der Waals surface area contributed by atoms with Gasteiger partial charge in [-0.25, -0.2) is 13.9 Å². The molecule has 1 amide bonds. The largest absolute Gasteiger partial charge is 0.492 e. The van der Waals surface area contributed by atoms with Gasteiger partial charge in [0, 0.05) is 48.1 Å². The van der Waals surface area contributed by atoms with Gasteiger partial charge in [0.25, 0.3) is 5.91 Å². The van der Waals surface area contributed by atoms with Crippen LogP contribution in [0.4, 0.5) is 10.2 Å². The average molecular weight is 529 g/mol. The van der Waals surface area contributed by atoms with Crippen molar-refractivity contribution in [3.63, 3.8) is 0 Å². The van der Waals surface area contributed by atoms with E-state index in [0.29, 0.717) is 43.1 Å². The highest BCUT2D eigenvalue weighted by molar-refractivity contribution is 6.01. The Morgan fingerprint density at radius 2 is 2.13 bits per heavy atom. The Bertz CT molecular complexity index is 1660. The molecule has 0 saturated carbocycles. The van der Waals surface area contributed by atoms with Crippen molar-refractivity contribution in [2.75, 3.05) is 24.6 Å². The highest BCUT2D eigenvalue weighted by atomic mass is 19.1. The number of piperidine rings is 1. The summed E-state index contributed by atoms with van der Waals surface area (Å²) in [5.41, 5.74) is 11.0. The molecule has 0 bridgehead atoms. The van der Waals surface area contributed by atoms with Crippen LogP contribution in [-0.4, -0.2) is 62.5 Å². The van der Waals surface area contributed by atoms with Gasteiger partial charge < -0.3 is 20.7 Å². The Labute approximate surface area is 224 Å². The van der Waals surface area contributed by atoms with Crippen LogP contribution in [-0.2, 0) is 0 Å². The zero-order valence-electron chi connectivity index (χ0n) is 21.7. The molecule has 6 rings (SSSR count). The third-order valence-corrected chi connectivity index (χ3v) is 7.22. The van der Waals surface area contributed by atoms with E-state index in [0.717, 1.165) is 33.4 Å². The summed E-state index contributed by atoms with van der Waals surface area (Å²) in [6.07, 6.45) is 6.11. The number of rotatable bonds is 6. The van der Waals surface area contributed by atoms with Crippen molar-refractivity contribution in [1.82, 2.24) is 30.1 Å². The number of pyridine rings is 2. The number of carbonyl (C=O) groups excluding carboxylic acids is 1. The molecule has 1 saturated heterocycles. The fourth-order valence-corrected chi connectivity index (χ4v) is 5.19. The smallest absolute Gasteiger partial charge is 0.251 e. The zero-order valence-corrected chi connectivity index (χ0v) is 21.7. The van der Waals surface area contributed by atoms with Gasteiger partial charge in [0.15, 0.2) is 5.65 Å². The van der Waals surface area contributed by atoms with E-state index in [-0.39, 0.29) is 18.0 Å². The van der Waals surface area contributed by atoms with Gasteiger partial charge in [-0.3, -0.25) is 9.89 Å². The Morgan fingerprint density at radius 1 is 1.26 bits per heavy atom. The van der Waals surface area contributed by atoms with Gasteiger partial charge in [0.05, 0.1) is 29.9 Å². The SMILES string of the molecule is CCOc1cc(-c2ccc(N3CC[C@H](NC(=O)c4cc(F)ccc4C)[C@@H](N)C3)nc2)c2c3cn[nH]c3nn2c1. The van der Waals surface area contributed by atoms with Gasteiger partial charge in [-0.05, 0) is 56.2 Å². The zero-order chi connectivity index (χ0) is 27.1. The number of fused-ring (bicyclic) bond motifs is 3. The molecule has 1 fully saturated rings. The fraction of sp³-hybridized carbons (Fsp3) is 0.286. The number of aromatic amines is 1. The number of hydrogen-bond acceptors (Lipinski definition) is 7. The minimum absolute atomic E-state index is 0.218. The second-order valence-electron chi connectivity index (χ2n) is 9.79. The Kier molecular flexibility index (Phi) is 6.35. The molecule has 5 heterocycles. The van der Waals surface area contributed by atoms with Crippen LogP contribution in [0.25, 0.3) is 27.7 Å². The lowest BCUT2D eigenvalue weighted by atomic mass is 9.98. The number of ether oxygens (including phenoxy) is 1. The van der Waals surface area contributed by atoms with Crippen LogP contribution < -0.4 is 20.7 Å². The van der Waals surface area contributed by atoms with Gasteiger partial charge in [-0.2, -0.15) is 5.10 Å². The van der Waals surface area contributed by atoms with Crippen molar-refractivity contribution in [3.05, 3.63) is 71.9 Å². The molecule has 4 N–H and O–H groups in total. The maximum atomic E-state index is 13.7. The summed E-state index contributed by atoms with van der Waals surface area (Å²) in [4.78, 5) is 19.6. The Balaban J connectivity index is 1.20. The predicted octanol–water partition coefficient (Wildman–Crippen LogP) is 3.45. The number of aryl methyl sites for hydroxylation is 1. The first kappa shape index (κ1) is 24.8. The molecule has 4 aromatic heterocycles. The molecule has 1 aromatic carbocycles. The molecule has 0 unspecified atom stereocenters. The molecule has 0 aliphatic carbocycles. The maximum absolute atomic E-state index is 13.7. The predicted molar refractivity (Wildman–Crippen MR) is 146 cm³/mol. The molecule has 0 radical (unpaired) electrons. The molecule has 5 aromatic rings. The fourth-order valence-electron chi connectivity index (χ4n) is 5.19. The van der Waals surface area contributed by atoms with E-state index in [1.54, 1.807) is 23.7 Å². The number of benzene rings is 1. The van der Waals surface area contributed by atoms with E-state index in [9.17, 15) is 9.18 Å². The first-order valence-electron chi connectivity index (χ1n) is 12.9. The van der Waals surface area contributed by atoms with Gasteiger partial charge in [0.2, 0.25) is 0 Å². The van der Waals surface area contributed by atoms with E-state index in [1.165, 1.54) is 12.1 Å². The van der Waals surface area contributed by atoms with E-state index in [1.807, 2.05) is 37.5 Å². The summed E-state index contributed by atoms with van der Waals surface area (Å²) < 4.78 is 21.3. The van der Waals surface area contributed by atoms with Crippen LogP contribution >= 0.6 is 0 Å². The molecule has 11 heteroatoms. The molecule has 1 aliphatic rings. The topological polar surface area (TPSA) is 126 Å². The number of amides is 1. The van der Waals surface area contributed by atoms with Crippen molar-refractivity contribution < 1.29 is 13.9 Å². The molecular weight excluding hydrogens is 499 g/mol. The second-order valence-corrected chi connectivity index (χ2v) is 9.79. The van der Waals surface area contributed by atoms with Crippen molar-refractivity contribution in [1.29, 1.82) is 0 Å². The van der Waals surface area contributed by atoms with Crippen molar-refractivity contribution in [2.24, 2.45) is 5.73 Å². The number of aromatic nitrogens is 5. The van der Waals surface area contributed by atoms with E-state index in [2.05, 4.69) is 25.5 Å². The van der Waals surface area contributed by atoms with Crippen LogP contribution in [0.5, 0.6) is 5.75 Å². The first-order valence-corrected chi connectivity index (χ1v) is 12.9. The van der Waals surface area contributed by atoms with E-state index in [4.69, 9.17) is 15.5 Å². The number of carbonyl (C=O) groups is 1. The monoisotopic (exact) mass is 528 g/mol. The van der Waals surface area contributed by atoms with Gasteiger partial charge >= 0.3 is 0 Å². The van der Waals surface area contributed by atoms with Crippen LogP contribution in [0.15, 0.2) is 55.0 Å². The highest BCUT2D eigenvalue weighted by Gasteiger charge is 2.29. The van der Waals surface area contributed by atoms with Crippen molar-refractivity contribution >= 4 is 28.3 Å². The summed E-state index contributed by atoms with van der Waals surface area (Å²) in [5, 5.41) is 15.5. The number of H-pyrrole nitrogens is 1. The number of nitrogens with two attached hydrogens (primary N) is 1. The van der Waals surface area contributed by atoms with Gasteiger partial charge in [-0.1, -0.05) is 6.07 Å². The van der Waals surface area contributed by atoms with Gasteiger partial charge in [0.1, 0.15) is 17.4 Å². The third kappa shape index (κ3) is 4.65. The second kappa shape index (κ2) is 9.99. The Hall–Kier alpha value is -4.51. The van der Waals surface area contributed by atoms with E-state index < -0.39 is 5.82 Å². The first-order chi connectivity index (χ1) is 18.9.